The molecule has 0 saturated heterocycles. The van der Waals surface area contributed by atoms with E-state index in [1.54, 1.807) is 10.6 Å². The SMILES string of the molecule is CCOc1ccccc1-n1c(C(C)N(Cc2ccccc2)C(=O)CC(C)C)nc2ccccc2c1=O. The first-order chi connectivity index (χ1) is 17.4. The van der Waals surface area contributed by atoms with Crippen LogP contribution in [0.15, 0.2) is 83.7 Å². The summed E-state index contributed by atoms with van der Waals surface area (Å²) in [5.41, 5.74) is 2.04. The Bertz CT molecular complexity index is 1400. The van der Waals surface area contributed by atoms with Crippen molar-refractivity contribution in [3.05, 3.63) is 101 Å². The summed E-state index contributed by atoms with van der Waals surface area (Å²) in [7, 11) is 0. The van der Waals surface area contributed by atoms with Crippen molar-refractivity contribution in [2.45, 2.75) is 46.7 Å². The minimum atomic E-state index is -0.469. The van der Waals surface area contributed by atoms with Crippen molar-refractivity contribution >= 4 is 16.8 Å². The zero-order valence-electron chi connectivity index (χ0n) is 21.3. The number of hydrogen-bond donors (Lipinski definition) is 0. The van der Waals surface area contributed by atoms with E-state index < -0.39 is 6.04 Å². The largest absolute Gasteiger partial charge is 0.492 e. The Morgan fingerprint density at radius 2 is 1.61 bits per heavy atom. The summed E-state index contributed by atoms with van der Waals surface area (Å²) in [4.78, 5) is 34.2. The van der Waals surface area contributed by atoms with Gasteiger partial charge in [-0.2, -0.15) is 0 Å². The van der Waals surface area contributed by atoms with E-state index in [2.05, 4.69) is 0 Å². The molecule has 3 aromatic carbocycles. The van der Waals surface area contributed by atoms with Crippen molar-refractivity contribution in [3.8, 4) is 11.4 Å². The van der Waals surface area contributed by atoms with Crippen LogP contribution < -0.4 is 10.3 Å². The predicted octanol–water partition coefficient (Wildman–Crippen LogP) is 5.92. The van der Waals surface area contributed by atoms with Crippen LogP contribution in [-0.4, -0.2) is 27.0 Å². The molecular weight excluding hydrogens is 450 g/mol. The Morgan fingerprint density at radius 1 is 0.944 bits per heavy atom. The van der Waals surface area contributed by atoms with E-state index in [4.69, 9.17) is 9.72 Å². The van der Waals surface area contributed by atoms with Gasteiger partial charge in [-0.1, -0.05) is 68.4 Å². The first-order valence-electron chi connectivity index (χ1n) is 12.5. The van der Waals surface area contributed by atoms with Gasteiger partial charge >= 0.3 is 0 Å². The molecule has 0 spiro atoms. The molecule has 4 rings (SSSR count). The van der Waals surface area contributed by atoms with Crippen molar-refractivity contribution in [1.29, 1.82) is 0 Å². The highest BCUT2D eigenvalue weighted by atomic mass is 16.5. The van der Waals surface area contributed by atoms with Gasteiger partial charge in [-0.05, 0) is 49.6 Å². The first kappa shape index (κ1) is 25.2. The third kappa shape index (κ3) is 5.33. The summed E-state index contributed by atoms with van der Waals surface area (Å²) >= 11 is 0. The van der Waals surface area contributed by atoms with Crippen LogP contribution in [-0.2, 0) is 11.3 Å². The van der Waals surface area contributed by atoms with Gasteiger partial charge < -0.3 is 9.64 Å². The molecule has 0 bridgehead atoms. The number of carbonyl (C=O) groups excluding carboxylic acids is 1. The summed E-state index contributed by atoms with van der Waals surface area (Å²) in [5, 5.41) is 0.517. The van der Waals surface area contributed by atoms with Crippen LogP contribution in [0.3, 0.4) is 0 Å². The monoisotopic (exact) mass is 483 g/mol. The van der Waals surface area contributed by atoms with Gasteiger partial charge in [-0.3, -0.25) is 14.2 Å². The molecule has 1 unspecified atom stereocenters. The fraction of sp³-hybridized carbons (Fsp3) is 0.300. The zero-order chi connectivity index (χ0) is 25.7. The zero-order valence-corrected chi connectivity index (χ0v) is 21.3. The van der Waals surface area contributed by atoms with E-state index in [-0.39, 0.29) is 17.4 Å². The lowest BCUT2D eigenvalue weighted by Gasteiger charge is -2.31. The minimum absolute atomic E-state index is 0.0217. The lowest BCUT2D eigenvalue weighted by atomic mass is 10.1. The van der Waals surface area contributed by atoms with Gasteiger partial charge in [0.15, 0.2) is 0 Å². The smallest absolute Gasteiger partial charge is 0.266 e. The maximum absolute atomic E-state index is 13.9. The maximum Gasteiger partial charge on any atom is 0.266 e. The lowest BCUT2D eigenvalue weighted by molar-refractivity contribution is -0.135. The molecule has 0 aliphatic heterocycles. The molecule has 1 heterocycles. The standard InChI is InChI=1S/C30H33N3O3/c1-5-36-27-18-12-11-17-26(27)33-29(31-25-16-10-9-15-24(25)30(33)35)22(4)32(28(34)19-21(2)3)20-23-13-7-6-8-14-23/h6-18,21-22H,5,19-20H2,1-4H3. The second-order valence-corrected chi connectivity index (χ2v) is 9.31. The molecule has 36 heavy (non-hydrogen) atoms. The number of nitrogens with zero attached hydrogens (tertiary/aromatic N) is 3. The molecule has 186 valence electrons. The molecule has 0 N–H and O–H groups in total. The van der Waals surface area contributed by atoms with Crippen LogP contribution in [0.25, 0.3) is 16.6 Å². The summed E-state index contributed by atoms with van der Waals surface area (Å²) in [6, 6.07) is 24.2. The number of amides is 1. The third-order valence-corrected chi connectivity index (χ3v) is 6.15. The van der Waals surface area contributed by atoms with E-state index in [0.29, 0.717) is 47.7 Å². The summed E-state index contributed by atoms with van der Waals surface area (Å²) in [6.45, 7) is 8.80. The number of fused-ring (bicyclic) bond motifs is 1. The Hall–Kier alpha value is -3.93. The fourth-order valence-corrected chi connectivity index (χ4v) is 4.41. The van der Waals surface area contributed by atoms with E-state index >= 15 is 0 Å². The van der Waals surface area contributed by atoms with Crippen LogP contribution in [0.1, 0.15) is 51.5 Å². The molecule has 6 nitrogen and oxygen atoms in total. The molecule has 0 aliphatic rings. The molecule has 1 atom stereocenters. The highest BCUT2D eigenvalue weighted by molar-refractivity contribution is 5.79. The molecule has 4 aromatic rings. The number of rotatable bonds is 9. The lowest BCUT2D eigenvalue weighted by Crippen LogP contribution is -2.37. The van der Waals surface area contributed by atoms with Crippen LogP contribution in [0.2, 0.25) is 0 Å². The van der Waals surface area contributed by atoms with Gasteiger partial charge in [-0.15, -0.1) is 0 Å². The molecule has 0 aliphatic carbocycles. The van der Waals surface area contributed by atoms with Crippen molar-refractivity contribution in [1.82, 2.24) is 14.5 Å². The van der Waals surface area contributed by atoms with Crippen LogP contribution in [0.4, 0.5) is 0 Å². The summed E-state index contributed by atoms with van der Waals surface area (Å²) in [6.07, 6.45) is 0.407. The Labute approximate surface area is 212 Å². The van der Waals surface area contributed by atoms with Gasteiger partial charge in [0.05, 0.1) is 29.2 Å². The number of para-hydroxylation sites is 3. The van der Waals surface area contributed by atoms with Gasteiger partial charge in [-0.25, -0.2) is 4.98 Å². The normalized spacial score (nSPS) is 12.0. The van der Waals surface area contributed by atoms with Gasteiger partial charge in [0.2, 0.25) is 5.91 Å². The van der Waals surface area contributed by atoms with Gasteiger partial charge in [0.25, 0.3) is 5.56 Å². The number of ether oxygens (including phenoxy) is 1. The molecule has 0 saturated carbocycles. The van der Waals surface area contributed by atoms with Crippen LogP contribution >= 0.6 is 0 Å². The Balaban J connectivity index is 1.93. The number of carbonyl (C=O) groups is 1. The van der Waals surface area contributed by atoms with Crippen molar-refractivity contribution in [3.63, 3.8) is 0 Å². The molecule has 1 aromatic heterocycles. The van der Waals surface area contributed by atoms with E-state index in [9.17, 15) is 9.59 Å². The van der Waals surface area contributed by atoms with Crippen molar-refractivity contribution < 1.29 is 9.53 Å². The number of aromatic nitrogens is 2. The van der Waals surface area contributed by atoms with Crippen LogP contribution in [0, 0.1) is 5.92 Å². The quantitative estimate of drug-likeness (QED) is 0.296. The van der Waals surface area contributed by atoms with Crippen molar-refractivity contribution in [2.75, 3.05) is 6.61 Å². The second kappa shape index (κ2) is 11.2. The summed E-state index contributed by atoms with van der Waals surface area (Å²) in [5.74, 6) is 1.32. The topological polar surface area (TPSA) is 64.4 Å². The van der Waals surface area contributed by atoms with Gasteiger partial charge in [0.1, 0.15) is 11.6 Å². The number of benzene rings is 3. The predicted molar refractivity (Wildman–Crippen MR) is 143 cm³/mol. The average molecular weight is 484 g/mol. The highest BCUT2D eigenvalue weighted by Crippen LogP contribution is 2.29. The van der Waals surface area contributed by atoms with Gasteiger partial charge in [0, 0.05) is 13.0 Å². The first-order valence-corrected chi connectivity index (χ1v) is 12.5. The summed E-state index contributed by atoms with van der Waals surface area (Å²) < 4.78 is 7.49. The number of hydrogen-bond acceptors (Lipinski definition) is 4. The Kier molecular flexibility index (Phi) is 7.84. The van der Waals surface area contributed by atoms with E-state index in [1.165, 1.54) is 0 Å². The van der Waals surface area contributed by atoms with E-state index in [1.807, 2.05) is 105 Å². The van der Waals surface area contributed by atoms with E-state index in [0.717, 1.165) is 5.56 Å². The molecule has 1 amide bonds. The molecule has 6 heteroatoms. The molecule has 0 fully saturated rings. The van der Waals surface area contributed by atoms with Crippen LogP contribution in [0.5, 0.6) is 5.75 Å². The highest BCUT2D eigenvalue weighted by Gasteiger charge is 2.28. The minimum Gasteiger partial charge on any atom is -0.492 e. The molecule has 0 radical (unpaired) electrons. The average Bonchev–Trinajstić information content (AvgIpc) is 2.88. The second-order valence-electron chi connectivity index (χ2n) is 9.31. The van der Waals surface area contributed by atoms with Crippen molar-refractivity contribution in [2.24, 2.45) is 5.92 Å². The Morgan fingerprint density at radius 3 is 2.33 bits per heavy atom. The fourth-order valence-electron chi connectivity index (χ4n) is 4.41. The maximum atomic E-state index is 13.9. The molecular formula is C30H33N3O3. The third-order valence-electron chi connectivity index (χ3n) is 6.15.